The molecule has 1 atom stereocenters. The predicted octanol–water partition coefficient (Wildman–Crippen LogP) is 2.74. The molecule has 0 bridgehead atoms. The number of carboxylic acids is 1. The zero-order valence-electron chi connectivity index (χ0n) is 11.8. The summed E-state index contributed by atoms with van der Waals surface area (Å²) >= 11 is 0. The highest BCUT2D eigenvalue weighted by Gasteiger charge is 2.08. The van der Waals surface area contributed by atoms with E-state index in [9.17, 15) is 9.90 Å². The standard InChI is InChI=1S/C16H25NO2/c1-2-3-6-14(10-11-16(18)19)7-4-8-15-9-5-12-17-13-15/h5,9,12-14H,2-4,6-8,10-11H2,1H3,(H,18,19)/p-1. The van der Waals surface area contributed by atoms with Crippen LogP contribution in [0, 0.1) is 5.92 Å². The molecule has 0 saturated heterocycles. The minimum Gasteiger partial charge on any atom is -0.550 e. The first kappa shape index (κ1) is 15.7. The Kier molecular flexibility index (Phi) is 7.87. The molecule has 1 rings (SSSR count). The lowest BCUT2D eigenvalue weighted by Gasteiger charge is -2.16. The lowest BCUT2D eigenvalue weighted by molar-refractivity contribution is -0.306. The fraction of sp³-hybridized carbons (Fsp3) is 0.625. The van der Waals surface area contributed by atoms with E-state index in [2.05, 4.69) is 18.0 Å². The lowest BCUT2D eigenvalue weighted by Crippen LogP contribution is -2.22. The molecule has 1 heterocycles. The van der Waals surface area contributed by atoms with Gasteiger partial charge in [-0.1, -0.05) is 38.7 Å². The van der Waals surface area contributed by atoms with Crippen LogP contribution >= 0.6 is 0 Å². The molecule has 0 saturated carbocycles. The first-order valence-electron chi connectivity index (χ1n) is 7.31. The maximum Gasteiger partial charge on any atom is 0.0414 e. The van der Waals surface area contributed by atoms with Crippen molar-refractivity contribution in [1.82, 2.24) is 4.98 Å². The van der Waals surface area contributed by atoms with Gasteiger partial charge >= 0.3 is 0 Å². The largest absolute Gasteiger partial charge is 0.550 e. The number of hydrogen-bond donors (Lipinski definition) is 0. The second kappa shape index (κ2) is 9.54. The van der Waals surface area contributed by atoms with E-state index in [0.29, 0.717) is 5.92 Å². The van der Waals surface area contributed by atoms with E-state index in [1.807, 2.05) is 12.3 Å². The fourth-order valence-electron chi connectivity index (χ4n) is 2.39. The van der Waals surface area contributed by atoms with E-state index in [1.54, 1.807) is 6.20 Å². The zero-order chi connectivity index (χ0) is 13.9. The van der Waals surface area contributed by atoms with E-state index in [-0.39, 0.29) is 6.42 Å². The Bertz CT molecular complexity index is 351. The maximum atomic E-state index is 10.6. The summed E-state index contributed by atoms with van der Waals surface area (Å²) in [4.78, 5) is 14.7. The molecule has 0 radical (unpaired) electrons. The van der Waals surface area contributed by atoms with Gasteiger partial charge < -0.3 is 9.90 Å². The number of aromatic nitrogens is 1. The van der Waals surface area contributed by atoms with Crippen molar-refractivity contribution < 1.29 is 9.90 Å². The second-order valence-corrected chi connectivity index (χ2v) is 5.17. The number of carboxylic acid groups (broad SMARTS) is 1. The first-order valence-corrected chi connectivity index (χ1v) is 7.31. The predicted molar refractivity (Wildman–Crippen MR) is 74.4 cm³/mol. The topological polar surface area (TPSA) is 53.0 Å². The molecular formula is C16H24NO2-. The molecule has 0 fully saturated rings. The molecule has 1 unspecified atom stereocenters. The Labute approximate surface area is 116 Å². The van der Waals surface area contributed by atoms with E-state index < -0.39 is 5.97 Å². The van der Waals surface area contributed by atoms with Crippen LogP contribution in [0.2, 0.25) is 0 Å². The zero-order valence-corrected chi connectivity index (χ0v) is 11.8. The molecule has 0 aliphatic carbocycles. The van der Waals surface area contributed by atoms with E-state index in [0.717, 1.165) is 32.1 Å². The number of aliphatic carboxylic acids is 1. The highest BCUT2D eigenvalue weighted by Crippen LogP contribution is 2.21. The van der Waals surface area contributed by atoms with Crippen molar-refractivity contribution in [2.45, 2.75) is 58.3 Å². The lowest BCUT2D eigenvalue weighted by atomic mass is 9.91. The van der Waals surface area contributed by atoms with E-state index in [1.165, 1.54) is 18.4 Å². The van der Waals surface area contributed by atoms with Gasteiger partial charge in [-0.25, -0.2) is 0 Å². The molecule has 0 spiro atoms. The van der Waals surface area contributed by atoms with Crippen LogP contribution in [-0.4, -0.2) is 11.0 Å². The monoisotopic (exact) mass is 262 g/mol. The highest BCUT2D eigenvalue weighted by molar-refractivity contribution is 5.64. The molecule has 106 valence electrons. The van der Waals surface area contributed by atoms with E-state index >= 15 is 0 Å². The average Bonchev–Trinajstić information content (AvgIpc) is 2.42. The number of carbonyl (C=O) groups excluding carboxylic acids is 1. The number of aryl methyl sites for hydroxylation is 1. The van der Waals surface area contributed by atoms with Crippen LogP contribution in [0.15, 0.2) is 24.5 Å². The summed E-state index contributed by atoms with van der Waals surface area (Å²) in [5.74, 6) is -0.400. The third kappa shape index (κ3) is 7.60. The highest BCUT2D eigenvalue weighted by atomic mass is 16.4. The van der Waals surface area contributed by atoms with Crippen molar-refractivity contribution in [2.75, 3.05) is 0 Å². The van der Waals surface area contributed by atoms with Crippen molar-refractivity contribution in [3.05, 3.63) is 30.1 Å². The number of carbonyl (C=O) groups is 1. The molecule has 1 aromatic heterocycles. The quantitative estimate of drug-likeness (QED) is 0.651. The Balaban J connectivity index is 2.28. The number of unbranched alkanes of at least 4 members (excludes halogenated alkanes) is 1. The molecule has 0 aromatic carbocycles. The summed E-state index contributed by atoms with van der Waals surface area (Å²) in [6.45, 7) is 2.17. The van der Waals surface area contributed by atoms with Gasteiger partial charge in [-0.2, -0.15) is 0 Å². The number of pyridine rings is 1. The molecule has 0 aliphatic rings. The maximum absolute atomic E-state index is 10.6. The Hall–Kier alpha value is -1.38. The molecule has 1 aromatic rings. The van der Waals surface area contributed by atoms with Gasteiger partial charge in [0.05, 0.1) is 0 Å². The van der Waals surface area contributed by atoms with Crippen LogP contribution in [-0.2, 0) is 11.2 Å². The van der Waals surface area contributed by atoms with Crippen LogP contribution in [0.25, 0.3) is 0 Å². The smallest absolute Gasteiger partial charge is 0.0414 e. The number of rotatable bonds is 10. The second-order valence-electron chi connectivity index (χ2n) is 5.17. The third-order valence-corrected chi connectivity index (χ3v) is 3.52. The van der Waals surface area contributed by atoms with Crippen molar-refractivity contribution in [1.29, 1.82) is 0 Å². The first-order chi connectivity index (χ1) is 9.22. The van der Waals surface area contributed by atoms with Crippen LogP contribution in [0.3, 0.4) is 0 Å². The molecular weight excluding hydrogens is 238 g/mol. The van der Waals surface area contributed by atoms with Crippen LogP contribution in [0.5, 0.6) is 0 Å². The van der Waals surface area contributed by atoms with Gasteiger partial charge in [0.15, 0.2) is 0 Å². The summed E-state index contributed by atoms with van der Waals surface area (Å²) in [7, 11) is 0. The molecule has 0 aliphatic heterocycles. The van der Waals surface area contributed by atoms with Crippen LogP contribution < -0.4 is 5.11 Å². The summed E-state index contributed by atoms with van der Waals surface area (Å²) in [5, 5.41) is 10.6. The number of hydrogen-bond acceptors (Lipinski definition) is 3. The Morgan fingerprint density at radius 1 is 1.32 bits per heavy atom. The van der Waals surface area contributed by atoms with Gasteiger partial charge in [0.2, 0.25) is 0 Å². The van der Waals surface area contributed by atoms with Gasteiger partial charge in [0.1, 0.15) is 0 Å². The van der Waals surface area contributed by atoms with Gasteiger partial charge in [0.25, 0.3) is 0 Å². The van der Waals surface area contributed by atoms with Crippen molar-refractivity contribution in [3.8, 4) is 0 Å². The molecule has 3 nitrogen and oxygen atoms in total. The van der Waals surface area contributed by atoms with Gasteiger partial charge in [-0.05, 0) is 43.2 Å². The normalized spacial score (nSPS) is 12.3. The molecule has 3 heteroatoms. The summed E-state index contributed by atoms with van der Waals surface area (Å²) in [6.07, 6.45) is 11.4. The molecule has 0 amide bonds. The molecule has 0 N–H and O–H groups in total. The van der Waals surface area contributed by atoms with Gasteiger partial charge in [-0.3, -0.25) is 4.98 Å². The van der Waals surface area contributed by atoms with Crippen LogP contribution in [0.4, 0.5) is 0 Å². The van der Waals surface area contributed by atoms with Crippen LogP contribution in [0.1, 0.15) is 57.4 Å². The fourth-order valence-corrected chi connectivity index (χ4v) is 2.39. The Morgan fingerprint density at radius 3 is 2.74 bits per heavy atom. The minimum atomic E-state index is -0.922. The van der Waals surface area contributed by atoms with Crippen molar-refractivity contribution >= 4 is 5.97 Å². The summed E-state index contributed by atoms with van der Waals surface area (Å²) in [5.41, 5.74) is 1.26. The third-order valence-electron chi connectivity index (χ3n) is 3.52. The summed E-state index contributed by atoms with van der Waals surface area (Å²) < 4.78 is 0. The number of nitrogens with zero attached hydrogens (tertiary/aromatic N) is 1. The van der Waals surface area contributed by atoms with Gasteiger partial charge in [-0.15, -0.1) is 0 Å². The van der Waals surface area contributed by atoms with Crippen molar-refractivity contribution in [2.24, 2.45) is 5.92 Å². The minimum absolute atomic E-state index is 0.196. The molecule has 19 heavy (non-hydrogen) atoms. The van der Waals surface area contributed by atoms with Gasteiger partial charge in [0, 0.05) is 18.4 Å². The SMILES string of the molecule is CCCCC(CCCc1cccnc1)CCC(=O)[O-]. The average molecular weight is 262 g/mol. The van der Waals surface area contributed by atoms with E-state index in [4.69, 9.17) is 0 Å². The summed E-state index contributed by atoms with van der Waals surface area (Å²) in [6, 6.07) is 4.05. The Morgan fingerprint density at radius 2 is 2.11 bits per heavy atom. The van der Waals surface area contributed by atoms with Crippen molar-refractivity contribution in [3.63, 3.8) is 0 Å².